The van der Waals surface area contributed by atoms with Gasteiger partial charge in [0.15, 0.2) is 0 Å². The monoisotopic (exact) mass is 378 g/mol. The Labute approximate surface area is 135 Å². The molecule has 1 nitrogen and oxygen atoms in total. The van der Waals surface area contributed by atoms with Crippen LogP contribution in [0.3, 0.4) is 0 Å². The fourth-order valence-electron chi connectivity index (χ4n) is 1.76. The number of rotatable bonds is 3. The minimum Gasteiger partial charge on any atom is -0.495 e. The summed E-state index contributed by atoms with van der Waals surface area (Å²) in [6.07, 6.45) is 0. The Balaban J connectivity index is 2.44. The molecule has 0 saturated carbocycles. The Morgan fingerprint density at radius 2 is 1.63 bits per heavy atom. The summed E-state index contributed by atoms with van der Waals surface area (Å²) in [6.45, 7) is 0. The SMILES string of the molecule is COc1ccc(C(Br)c2c(Cl)cccc2Cl)cc1Cl. The summed E-state index contributed by atoms with van der Waals surface area (Å²) >= 11 is 22.1. The lowest BCUT2D eigenvalue weighted by molar-refractivity contribution is 0.415. The second-order valence-corrected chi connectivity index (χ2v) is 6.03. The van der Waals surface area contributed by atoms with E-state index in [0.29, 0.717) is 20.8 Å². The number of halogens is 4. The molecule has 0 fully saturated rings. The van der Waals surface area contributed by atoms with Gasteiger partial charge in [0, 0.05) is 15.6 Å². The Kier molecular flexibility index (Phi) is 5.02. The van der Waals surface area contributed by atoms with E-state index in [9.17, 15) is 0 Å². The lowest BCUT2D eigenvalue weighted by atomic mass is 10.0. The minimum atomic E-state index is -0.128. The lowest BCUT2D eigenvalue weighted by Gasteiger charge is -2.15. The molecule has 2 aromatic carbocycles. The van der Waals surface area contributed by atoms with Crippen LogP contribution in [0.2, 0.25) is 15.1 Å². The summed E-state index contributed by atoms with van der Waals surface area (Å²) in [7, 11) is 1.58. The zero-order valence-corrected chi connectivity index (χ0v) is 13.8. The number of ether oxygens (including phenoxy) is 1. The molecule has 1 unspecified atom stereocenters. The second kappa shape index (κ2) is 6.36. The molecule has 0 radical (unpaired) electrons. The third-order valence-electron chi connectivity index (χ3n) is 2.72. The van der Waals surface area contributed by atoms with Crippen molar-refractivity contribution in [3.8, 4) is 5.75 Å². The quantitative estimate of drug-likeness (QED) is 0.581. The van der Waals surface area contributed by atoms with E-state index in [2.05, 4.69) is 15.9 Å². The molecule has 0 aliphatic heterocycles. The number of benzene rings is 2. The van der Waals surface area contributed by atoms with Crippen LogP contribution in [0, 0.1) is 0 Å². The van der Waals surface area contributed by atoms with Crippen molar-refractivity contribution in [2.24, 2.45) is 0 Å². The van der Waals surface area contributed by atoms with Gasteiger partial charge in [-0.3, -0.25) is 0 Å². The standard InChI is InChI=1S/C14H10BrCl3O/c1-19-12-6-5-8(7-11(12)18)14(15)13-9(16)3-2-4-10(13)17/h2-7,14H,1H3. The number of methoxy groups -OCH3 is 1. The van der Waals surface area contributed by atoms with E-state index in [4.69, 9.17) is 39.5 Å². The minimum absolute atomic E-state index is 0.128. The highest BCUT2D eigenvalue weighted by Gasteiger charge is 2.18. The van der Waals surface area contributed by atoms with Crippen LogP contribution in [0.1, 0.15) is 16.0 Å². The highest BCUT2D eigenvalue weighted by atomic mass is 79.9. The van der Waals surface area contributed by atoms with Gasteiger partial charge >= 0.3 is 0 Å². The average Bonchev–Trinajstić information content (AvgIpc) is 2.38. The van der Waals surface area contributed by atoms with Gasteiger partial charge in [-0.2, -0.15) is 0 Å². The van der Waals surface area contributed by atoms with Crippen LogP contribution >= 0.6 is 50.7 Å². The van der Waals surface area contributed by atoms with Gasteiger partial charge in [-0.05, 0) is 29.8 Å². The number of alkyl halides is 1. The summed E-state index contributed by atoms with van der Waals surface area (Å²) in [5, 5.41) is 1.77. The molecule has 0 heterocycles. The van der Waals surface area contributed by atoms with Crippen molar-refractivity contribution in [3.63, 3.8) is 0 Å². The molecule has 2 rings (SSSR count). The molecule has 2 aromatic rings. The molecule has 0 spiro atoms. The first kappa shape index (κ1) is 15.0. The molecule has 19 heavy (non-hydrogen) atoms. The van der Waals surface area contributed by atoms with E-state index in [1.165, 1.54) is 0 Å². The van der Waals surface area contributed by atoms with Gasteiger partial charge in [0.25, 0.3) is 0 Å². The topological polar surface area (TPSA) is 9.23 Å². The molecule has 100 valence electrons. The second-order valence-electron chi connectivity index (χ2n) is 3.89. The van der Waals surface area contributed by atoms with Crippen molar-refractivity contribution < 1.29 is 4.74 Å². The predicted octanol–water partition coefficient (Wildman–Crippen LogP) is 6.14. The fourth-order valence-corrected chi connectivity index (χ4v) is 3.68. The first-order chi connectivity index (χ1) is 9.04. The van der Waals surface area contributed by atoms with Gasteiger partial charge in [0.2, 0.25) is 0 Å². The van der Waals surface area contributed by atoms with Crippen molar-refractivity contribution in [1.29, 1.82) is 0 Å². The molecule has 0 amide bonds. The highest BCUT2D eigenvalue weighted by Crippen LogP contribution is 2.41. The summed E-state index contributed by atoms with van der Waals surface area (Å²) in [5.74, 6) is 0.635. The van der Waals surface area contributed by atoms with Gasteiger partial charge < -0.3 is 4.74 Å². The number of hydrogen-bond donors (Lipinski definition) is 0. The Morgan fingerprint density at radius 1 is 1.00 bits per heavy atom. The summed E-state index contributed by atoms with van der Waals surface area (Å²) in [5.41, 5.74) is 1.79. The van der Waals surface area contributed by atoms with Crippen LogP contribution in [0.25, 0.3) is 0 Å². The van der Waals surface area contributed by atoms with Gasteiger partial charge in [0.05, 0.1) is 17.0 Å². The van der Waals surface area contributed by atoms with E-state index in [1.54, 1.807) is 7.11 Å². The normalized spacial score (nSPS) is 12.3. The van der Waals surface area contributed by atoms with Gasteiger partial charge in [-0.1, -0.05) is 62.9 Å². The van der Waals surface area contributed by atoms with Crippen molar-refractivity contribution in [3.05, 3.63) is 62.6 Å². The molecule has 0 N–H and O–H groups in total. The fraction of sp³-hybridized carbons (Fsp3) is 0.143. The Hall–Kier alpha value is -0.410. The Bertz CT molecular complexity index is 581. The van der Waals surface area contributed by atoms with E-state index in [-0.39, 0.29) is 4.83 Å². The summed E-state index contributed by atoms with van der Waals surface area (Å²) in [6, 6.07) is 11.0. The predicted molar refractivity (Wildman–Crippen MR) is 85.2 cm³/mol. The van der Waals surface area contributed by atoms with Crippen molar-refractivity contribution in [2.75, 3.05) is 7.11 Å². The van der Waals surface area contributed by atoms with Crippen molar-refractivity contribution in [1.82, 2.24) is 0 Å². The maximum atomic E-state index is 6.20. The molecule has 5 heteroatoms. The van der Waals surface area contributed by atoms with E-state index in [1.807, 2.05) is 36.4 Å². The van der Waals surface area contributed by atoms with E-state index >= 15 is 0 Å². The maximum absolute atomic E-state index is 6.20. The van der Waals surface area contributed by atoms with Crippen LogP contribution in [0.4, 0.5) is 0 Å². The van der Waals surface area contributed by atoms with Gasteiger partial charge in [0.1, 0.15) is 5.75 Å². The molecule has 0 bridgehead atoms. The molecule has 0 aromatic heterocycles. The first-order valence-corrected chi connectivity index (χ1v) is 7.51. The van der Waals surface area contributed by atoms with Crippen LogP contribution in [-0.4, -0.2) is 7.11 Å². The number of hydrogen-bond acceptors (Lipinski definition) is 1. The zero-order chi connectivity index (χ0) is 14.0. The third kappa shape index (κ3) is 3.19. The van der Waals surface area contributed by atoms with Crippen LogP contribution in [-0.2, 0) is 0 Å². The third-order valence-corrected chi connectivity index (χ3v) is 4.66. The lowest BCUT2D eigenvalue weighted by Crippen LogP contribution is -1.96. The van der Waals surface area contributed by atoms with Gasteiger partial charge in [-0.25, -0.2) is 0 Å². The van der Waals surface area contributed by atoms with Crippen molar-refractivity contribution in [2.45, 2.75) is 4.83 Å². The summed E-state index contributed by atoms with van der Waals surface area (Å²) < 4.78 is 5.13. The first-order valence-electron chi connectivity index (χ1n) is 5.46. The van der Waals surface area contributed by atoms with E-state index in [0.717, 1.165) is 11.1 Å². The highest BCUT2D eigenvalue weighted by molar-refractivity contribution is 9.09. The van der Waals surface area contributed by atoms with Crippen LogP contribution < -0.4 is 4.74 Å². The van der Waals surface area contributed by atoms with E-state index < -0.39 is 0 Å². The van der Waals surface area contributed by atoms with Crippen LogP contribution in [0.15, 0.2) is 36.4 Å². The molecule has 0 aliphatic rings. The average molecular weight is 380 g/mol. The van der Waals surface area contributed by atoms with Gasteiger partial charge in [-0.15, -0.1) is 0 Å². The molecule has 1 atom stereocenters. The van der Waals surface area contributed by atoms with Crippen LogP contribution in [0.5, 0.6) is 5.75 Å². The Morgan fingerprint density at radius 3 is 2.16 bits per heavy atom. The molecular formula is C14H10BrCl3O. The zero-order valence-electron chi connectivity index (χ0n) is 9.96. The molecule has 0 saturated heterocycles. The summed E-state index contributed by atoms with van der Waals surface area (Å²) in [4.78, 5) is -0.128. The smallest absolute Gasteiger partial charge is 0.137 e. The molecular weight excluding hydrogens is 370 g/mol. The maximum Gasteiger partial charge on any atom is 0.137 e. The molecule has 0 aliphatic carbocycles. The van der Waals surface area contributed by atoms with Crippen molar-refractivity contribution >= 4 is 50.7 Å². The largest absolute Gasteiger partial charge is 0.495 e.